The van der Waals surface area contributed by atoms with Gasteiger partial charge in [-0.25, -0.2) is 0 Å². The average molecular weight is 461 g/mol. The number of phenols is 1. The molecule has 4 rings (SSSR count). The number of nitrogens with two attached hydrogens (primary N) is 1. The smallest absolute Gasteiger partial charge is 0.188 e. The Kier molecular flexibility index (Phi) is 6.26. The lowest BCUT2D eigenvalue weighted by Gasteiger charge is -2.30. The van der Waals surface area contributed by atoms with Crippen molar-refractivity contribution in [3.8, 4) is 5.75 Å². The summed E-state index contributed by atoms with van der Waals surface area (Å²) >= 11 is 18.8. The van der Waals surface area contributed by atoms with Crippen LogP contribution in [0.25, 0.3) is 5.70 Å². The molecule has 0 saturated heterocycles. The van der Waals surface area contributed by atoms with E-state index >= 15 is 0 Å². The zero-order valence-electron chi connectivity index (χ0n) is 16.4. The van der Waals surface area contributed by atoms with Crippen LogP contribution in [0.4, 0.5) is 0 Å². The van der Waals surface area contributed by atoms with Gasteiger partial charge in [0.1, 0.15) is 11.8 Å². The number of aryl methyl sites for hydroxylation is 1. The maximum Gasteiger partial charge on any atom is 0.188 e. The summed E-state index contributed by atoms with van der Waals surface area (Å²) in [6.07, 6.45) is 2.93. The fraction of sp³-hybridized carbons (Fsp3) is 0.167. The first kappa shape index (κ1) is 21.1. The van der Waals surface area contributed by atoms with Crippen molar-refractivity contribution >= 4 is 40.5 Å². The molecule has 3 aromatic carbocycles. The summed E-state index contributed by atoms with van der Waals surface area (Å²) in [5.41, 5.74) is 5.00. The molecule has 4 N–H and O–H groups in total. The Morgan fingerprint density at radius 3 is 2.30 bits per heavy atom. The molecule has 0 bridgehead atoms. The second kappa shape index (κ2) is 8.91. The molecule has 2 unspecified atom stereocenters. The van der Waals surface area contributed by atoms with Crippen molar-refractivity contribution in [3.05, 3.63) is 104 Å². The molecule has 0 saturated carbocycles. The highest BCUT2D eigenvalue weighted by Gasteiger charge is 2.30. The predicted molar refractivity (Wildman–Crippen MR) is 124 cm³/mol. The van der Waals surface area contributed by atoms with Crippen LogP contribution >= 0.6 is 34.8 Å². The lowest BCUT2D eigenvalue weighted by molar-refractivity contribution is -0.731. The van der Waals surface area contributed by atoms with E-state index in [1.807, 2.05) is 12.1 Å². The van der Waals surface area contributed by atoms with Crippen LogP contribution in [-0.4, -0.2) is 5.11 Å². The Labute approximate surface area is 191 Å². The van der Waals surface area contributed by atoms with Crippen molar-refractivity contribution < 1.29 is 10.4 Å². The number of phenolic OH excluding ortho intramolecular Hbond substituents is 1. The average Bonchev–Trinajstić information content (AvgIpc) is 2.75. The third-order valence-electron chi connectivity index (χ3n) is 5.38. The minimum atomic E-state index is -0.163. The normalized spacial score (nSPS) is 18.6. The third kappa shape index (κ3) is 4.45. The molecule has 3 aromatic rings. The van der Waals surface area contributed by atoms with Gasteiger partial charge < -0.3 is 15.7 Å². The zero-order chi connectivity index (χ0) is 21.3. The van der Waals surface area contributed by atoms with Gasteiger partial charge in [-0.2, -0.15) is 0 Å². The number of benzene rings is 3. The number of rotatable bonds is 4. The predicted octanol–water partition coefficient (Wildman–Crippen LogP) is 5.86. The van der Waals surface area contributed by atoms with Crippen LogP contribution in [0.2, 0.25) is 15.1 Å². The molecule has 0 radical (unpaired) electrons. The second-order valence-electron chi connectivity index (χ2n) is 7.34. The summed E-state index contributed by atoms with van der Waals surface area (Å²) < 4.78 is 0. The molecular formula is C24H22Cl3N2O+. The first-order valence-electron chi connectivity index (χ1n) is 9.80. The van der Waals surface area contributed by atoms with Gasteiger partial charge in [0.05, 0.1) is 10.6 Å². The van der Waals surface area contributed by atoms with E-state index < -0.39 is 0 Å². The Morgan fingerprint density at radius 1 is 0.900 bits per heavy atom. The molecule has 1 aliphatic heterocycles. The number of quaternary nitrogens is 1. The molecule has 30 heavy (non-hydrogen) atoms. The zero-order valence-corrected chi connectivity index (χ0v) is 18.6. The molecular weight excluding hydrogens is 439 g/mol. The highest BCUT2D eigenvalue weighted by molar-refractivity contribution is 6.35. The highest BCUT2D eigenvalue weighted by atomic mass is 35.5. The van der Waals surface area contributed by atoms with Gasteiger partial charge in [0.15, 0.2) is 6.17 Å². The lowest BCUT2D eigenvalue weighted by atomic mass is 9.97. The van der Waals surface area contributed by atoms with Gasteiger partial charge >= 0.3 is 0 Å². The van der Waals surface area contributed by atoms with E-state index in [0.717, 1.165) is 28.8 Å². The van der Waals surface area contributed by atoms with Crippen molar-refractivity contribution in [2.45, 2.75) is 25.6 Å². The van der Waals surface area contributed by atoms with Crippen LogP contribution in [0.5, 0.6) is 5.75 Å². The van der Waals surface area contributed by atoms with E-state index in [9.17, 15) is 5.11 Å². The number of halogens is 3. The molecule has 0 aromatic heterocycles. The second-order valence-corrected chi connectivity index (χ2v) is 8.62. The van der Waals surface area contributed by atoms with Gasteiger partial charge in [-0.15, -0.1) is 0 Å². The van der Waals surface area contributed by atoms with Crippen molar-refractivity contribution in [2.24, 2.45) is 0 Å². The molecule has 154 valence electrons. The van der Waals surface area contributed by atoms with Crippen LogP contribution in [0.1, 0.15) is 41.4 Å². The Morgan fingerprint density at radius 2 is 1.60 bits per heavy atom. The van der Waals surface area contributed by atoms with Crippen LogP contribution in [-0.2, 0) is 6.42 Å². The van der Waals surface area contributed by atoms with E-state index in [2.05, 4.69) is 47.9 Å². The summed E-state index contributed by atoms with van der Waals surface area (Å²) in [5, 5.41) is 17.9. The van der Waals surface area contributed by atoms with Crippen LogP contribution in [0.3, 0.4) is 0 Å². The standard InChI is InChI=1S/C24H21Cl3N2O/c1-2-14-3-5-15(6-4-14)21-13-22(19-11-16(25)8-10-23(19)30)29-24(28-21)18-9-7-17(26)12-20(18)27/h3-13,22,24,28-30H,2H2,1H3/p+1. The number of nitrogens with one attached hydrogen (secondary N) is 1. The third-order valence-corrected chi connectivity index (χ3v) is 6.17. The summed E-state index contributed by atoms with van der Waals surface area (Å²) in [5.74, 6) is 0.209. The number of aromatic hydroxyl groups is 1. The molecule has 0 amide bonds. The lowest BCUT2D eigenvalue weighted by Crippen LogP contribution is -2.89. The molecule has 6 heteroatoms. The summed E-state index contributed by atoms with van der Waals surface area (Å²) in [6.45, 7) is 2.14. The van der Waals surface area contributed by atoms with E-state index in [1.54, 1.807) is 24.3 Å². The number of hydrogen-bond acceptors (Lipinski definition) is 2. The fourth-order valence-electron chi connectivity index (χ4n) is 3.73. The molecule has 3 nitrogen and oxygen atoms in total. The van der Waals surface area contributed by atoms with Gasteiger partial charge in [-0.1, -0.05) is 66.0 Å². The van der Waals surface area contributed by atoms with Gasteiger partial charge in [0, 0.05) is 27.4 Å². The van der Waals surface area contributed by atoms with Crippen LogP contribution in [0, 0.1) is 0 Å². The Balaban J connectivity index is 1.78. The quantitative estimate of drug-likeness (QED) is 0.456. The molecule has 0 fully saturated rings. The van der Waals surface area contributed by atoms with E-state index in [4.69, 9.17) is 34.8 Å². The van der Waals surface area contributed by atoms with Gasteiger partial charge in [-0.3, -0.25) is 0 Å². The Hall–Kier alpha value is -2.17. The maximum atomic E-state index is 10.5. The highest BCUT2D eigenvalue weighted by Crippen LogP contribution is 2.32. The van der Waals surface area contributed by atoms with Crippen molar-refractivity contribution in [1.82, 2.24) is 5.32 Å². The van der Waals surface area contributed by atoms with Crippen molar-refractivity contribution in [1.29, 1.82) is 0 Å². The van der Waals surface area contributed by atoms with Crippen LogP contribution in [0.15, 0.2) is 66.7 Å². The fourth-order valence-corrected chi connectivity index (χ4v) is 4.43. The minimum Gasteiger partial charge on any atom is -0.507 e. The molecule has 1 heterocycles. The molecule has 0 spiro atoms. The first-order valence-corrected chi connectivity index (χ1v) is 10.9. The van der Waals surface area contributed by atoms with Crippen molar-refractivity contribution in [2.75, 3.05) is 0 Å². The summed E-state index contributed by atoms with van der Waals surface area (Å²) in [4.78, 5) is 0. The summed E-state index contributed by atoms with van der Waals surface area (Å²) in [6, 6.07) is 18.9. The first-order chi connectivity index (χ1) is 14.4. The largest absolute Gasteiger partial charge is 0.507 e. The molecule has 2 atom stereocenters. The maximum absolute atomic E-state index is 10.5. The summed E-state index contributed by atoms with van der Waals surface area (Å²) in [7, 11) is 0. The minimum absolute atomic E-state index is 0.150. The Bertz CT molecular complexity index is 1100. The monoisotopic (exact) mass is 459 g/mol. The van der Waals surface area contributed by atoms with Gasteiger partial charge in [-0.05, 0) is 53.9 Å². The van der Waals surface area contributed by atoms with Gasteiger partial charge in [0.2, 0.25) is 0 Å². The van der Waals surface area contributed by atoms with E-state index in [1.165, 1.54) is 5.56 Å². The van der Waals surface area contributed by atoms with Gasteiger partial charge in [0.25, 0.3) is 0 Å². The van der Waals surface area contributed by atoms with E-state index in [-0.39, 0.29) is 18.0 Å². The molecule has 0 aliphatic carbocycles. The number of hydrogen-bond donors (Lipinski definition) is 3. The topological polar surface area (TPSA) is 48.9 Å². The van der Waals surface area contributed by atoms with Crippen LogP contribution < -0.4 is 10.6 Å². The SMILES string of the molecule is CCc1ccc(C2=CC(c3cc(Cl)ccc3O)[NH2+]C(c3ccc(Cl)cc3Cl)N2)cc1. The van der Waals surface area contributed by atoms with Crippen molar-refractivity contribution in [3.63, 3.8) is 0 Å². The molecule has 1 aliphatic rings. The van der Waals surface area contributed by atoms with E-state index in [0.29, 0.717) is 15.1 Å².